The van der Waals surface area contributed by atoms with E-state index in [9.17, 15) is 26.4 Å². The number of anilines is 1. The van der Waals surface area contributed by atoms with Crippen LogP contribution in [0.5, 0.6) is 0 Å². The number of hydrogen-bond donors (Lipinski definition) is 0. The van der Waals surface area contributed by atoms with Gasteiger partial charge < -0.3 is 0 Å². The van der Waals surface area contributed by atoms with E-state index in [1.54, 1.807) is 18.2 Å². The molecule has 1 saturated heterocycles. The van der Waals surface area contributed by atoms with Gasteiger partial charge in [-0.3, -0.25) is 0 Å². The second kappa shape index (κ2) is 8.49. The maximum atomic E-state index is 14.3. The number of fused-ring (bicyclic) bond motifs is 1. The predicted molar refractivity (Wildman–Crippen MR) is 112 cm³/mol. The van der Waals surface area contributed by atoms with E-state index in [0.29, 0.717) is 15.7 Å². The van der Waals surface area contributed by atoms with Crippen molar-refractivity contribution in [3.05, 3.63) is 54.0 Å². The summed E-state index contributed by atoms with van der Waals surface area (Å²) >= 11 is -1.53. The number of carbonyl (C=O) groups is 1. The van der Waals surface area contributed by atoms with Gasteiger partial charge in [-0.05, 0) is 0 Å². The molecule has 2 atom stereocenters. The van der Waals surface area contributed by atoms with Crippen molar-refractivity contribution in [2.45, 2.75) is 18.4 Å². The van der Waals surface area contributed by atoms with E-state index >= 15 is 0 Å². The predicted octanol–water partition coefficient (Wildman–Crippen LogP) is 1.02. The zero-order valence-corrected chi connectivity index (χ0v) is 19.6. The fourth-order valence-electron chi connectivity index (χ4n) is 3.51. The molecule has 3 aromatic rings. The molecule has 2 aromatic heterocycles. The van der Waals surface area contributed by atoms with Crippen LogP contribution >= 0.6 is 0 Å². The molecule has 0 aliphatic carbocycles. The van der Waals surface area contributed by atoms with Gasteiger partial charge in [0, 0.05) is 0 Å². The molecule has 1 aromatic carbocycles. The molecular formula is C19H18AsF3N4O4S. The first-order valence-electron chi connectivity index (χ1n) is 9.40. The van der Waals surface area contributed by atoms with Gasteiger partial charge in [-0.1, -0.05) is 0 Å². The first-order chi connectivity index (χ1) is 15.0. The van der Waals surface area contributed by atoms with Gasteiger partial charge in [0.05, 0.1) is 0 Å². The summed E-state index contributed by atoms with van der Waals surface area (Å²) in [5, 5.41) is 4.42. The van der Waals surface area contributed by atoms with Crippen LogP contribution in [0.4, 0.5) is 19.0 Å². The van der Waals surface area contributed by atoms with E-state index in [0.717, 1.165) is 6.26 Å². The summed E-state index contributed by atoms with van der Waals surface area (Å²) in [5.74, 6) is -3.27. The zero-order chi connectivity index (χ0) is 23.1. The maximum absolute atomic E-state index is 14.3. The summed E-state index contributed by atoms with van der Waals surface area (Å²) in [7, 11) is -3.75. The van der Waals surface area contributed by atoms with Gasteiger partial charge in [0.2, 0.25) is 0 Å². The zero-order valence-electron chi connectivity index (χ0n) is 16.7. The molecule has 4 rings (SSSR count). The van der Waals surface area contributed by atoms with Crippen LogP contribution in [0.2, 0.25) is 0 Å². The van der Waals surface area contributed by atoms with Crippen LogP contribution in [0.3, 0.4) is 0 Å². The van der Waals surface area contributed by atoms with Gasteiger partial charge in [0.1, 0.15) is 0 Å². The first kappa shape index (κ1) is 22.8. The Hall–Kier alpha value is -2.43. The number of rotatable bonds is 7. The number of imidazole rings is 1. The van der Waals surface area contributed by atoms with E-state index in [-0.39, 0.29) is 5.82 Å². The van der Waals surface area contributed by atoms with Crippen molar-refractivity contribution in [3.8, 4) is 0 Å². The van der Waals surface area contributed by atoms with Gasteiger partial charge >= 0.3 is 188 Å². The molecule has 0 radical (unpaired) electrons. The number of aromatic nitrogens is 3. The topological polar surface area (TPSA) is 93.9 Å². The molecule has 3 heterocycles. The molecule has 0 bridgehead atoms. The Morgan fingerprint density at radius 3 is 2.81 bits per heavy atom. The molecule has 2 unspecified atom stereocenters. The van der Waals surface area contributed by atoms with E-state index in [1.807, 2.05) is 0 Å². The molecule has 0 N–H and O–H groups in total. The fraction of sp³-hybridized carbons (Fsp3) is 0.316. The molecule has 170 valence electrons. The third-order valence-corrected chi connectivity index (χ3v) is 7.50. The van der Waals surface area contributed by atoms with Crippen LogP contribution < -0.4 is 9.38 Å². The molecule has 32 heavy (non-hydrogen) atoms. The molecule has 0 amide bonds. The molecule has 1 fully saturated rings. The third-order valence-electron chi connectivity index (χ3n) is 4.82. The van der Waals surface area contributed by atoms with Gasteiger partial charge in [-0.15, -0.1) is 0 Å². The normalized spacial score (nSPS) is 18.8. The molecule has 0 saturated carbocycles. The van der Waals surface area contributed by atoms with E-state index in [1.165, 1.54) is 33.8 Å². The van der Waals surface area contributed by atoms with Gasteiger partial charge in [0.15, 0.2) is 0 Å². The van der Waals surface area contributed by atoms with Crippen LogP contribution in [0.15, 0.2) is 42.6 Å². The number of carbonyl (C=O) groups excluding carboxylic acids is 1. The summed E-state index contributed by atoms with van der Waals surface area (Å²) in [6, 6.07) is 7.90. The molecular weight excluding hydrogens is 512 g/mol. The number of halogens is 3. The summed E-state index contributed by atoms with van der Waals surface area (Å²) in [4.78, 5) is 17.7. The second-order valence-corrected chi connectivity index (χ2v) is 11.8. The summed E-state index contributed by atoms with van der Waals surface area (Å²) in [6.07, 6.45) is 1.82. The standard InChI is InChI=1S/C19H18AsF3N4O4S/c1-32(29,30)31-10-16(28)20-15-9-24-17-5-6-18(25-27(15)17)26-11-19(22,23)8-14(26)12-3-2-4-13(21)7-12/h2-7,9,14,20H,8,10-11H2,1H3. The monoisotopic (exact) mass is 530 g/mol. The van der Waals surface area contributed by atoms with Crippen molar-refractivity contribution in [1.29, 1.82) is 0 Å². The van der Waals surface area contributed by atoms with E-state index in [4.69, 9.17) is 0 Å². The average Bonchev–Trinajstić information content (AvgIpc) is 3.25. The average molecular weight is 530 g/mol. The minimum atomic E-state index is -3.75. The molecule has 0 spiro atoms. The number of alkyl halides is 2. The Balaban J connectivity index is 1.64. The molecule has 1 aliphatic heterocycles. The molecule has 1 aliphatic rings. The van der Waals surface area contributed by atoms with Crippen molar-refractivity contribution in [2.24, 2.45) is 0 Å². The number of benzene rings is 1. The fourth-order valence-corrected chi connectivity index (χ4v) is 5.79. The van der Waals surface area contributed by atoms with Crippen LogP contribution in [0, 0.1) is 5.82 Å². The Bertz CT molecular complexity index is 1280. The quantitative estimate of drug-likeness (QED) is 0.333. The number of hydrogen-bond acceptors (Lipinski definition) is 7. The van der Waals surface area contributed by atoms with Crippen LogP contribution in [0.1, 0.15) is 18.0 Å². The van der Waals surface area contributed by atoms with Crippen molar-refractivity contribution >= 4 is 46.4 Å². The third kappa shape index (κ3) is 5.13. The van der Waals surface area contributed by atoms with Gasteiger partial charge in [0.25, 0.3) is 0 Å². The van der Waals surface area contributed by atoms with Crippen LogP contribution in [0.25, 0.3) is 5.65 Å². The second-order valence-electron chi connectivity index (χ2n) is 7.38. The van der Waals surface area contributed by atoms with Crippen molar-refractivity contribution in [3.63, 3.8) is 0 Å². The SMILES string of the molecule is CS(=O)(=O)OCC(=O)[AsH]c1cnc2ccc(N3CC(F)(F)CC3c3cccc(F)c3)nn12. The Morgan fingerprint density at radius 1 is 1.31 bits per heavy atom. The Kier molecular flexibility index (Phi) is 6.04. The summed E-state index contributed by atoms with van der Waals surface area (Å²) in [5.41, 5.74) is 0.828. The van der Waals surface area contributed by atoms with Crippen molar-refractivity contribution in [1.82, 2.24) is 14.6 Å². The first-order valence-corrected chi connectivity index (χ1v) is 13.3. The van der Waals surface area contributed by atoms with Crippen LogP contribution in [-0.4, -0.2) is 68.7 Å². The van der Waals surface area contributed by atoms with Gasteiger partial charge in [-0.25, -0.2) is 0 Å². The van der Waals surface area contributed by atoms with E-state index in [2.05, 4.69) is 14.3 Å². The molecule has 13 heteroatoms. The van der Waals surface area contributed by atoms with E-state index < -0.39 is 67.8 Å². The minimum absolute atomic E-state index is 0.231. The summed E-state index contributed by atoms with van der Waals surface area (Å²) in [6.45, 7) is -1.17. The van der Waals surface area contributed by atoms with Crippen molar-refractivity contribution in [2.75, 3.05) is 24.3 Å². The summed E-state index contributed by atoms with van der Waals surface area (Å²) < 4.78 is 70.5. The molecule has 8 nitrogen and oxygen atoms in total. The van der Waals surface area contributed by atoms with Crippen molar-refractivity contribution < 1.29 is 30.6 Å². The Labute approximate surface area is 188 Å². The van der Waals surface area contributed by atoms with Gasteiger partial charge in [-0.2, -0.15) is 0 Å². The van der Waals surface area contributed by atoms with Crippen LogP contribution in [-0.2, 0) is 19.1 Å². The Morgan fingerprint density at radius 2 is 2.09 bits per heavy atom. The number of nitrogens with zero attached hydrogens (tertiary/aromatic N) is 4.